The highest BCUT2D eigenvalue weighted by atomic mass is 16.5. The first-order valence-electron chi connectivity index (χ1n) is 7.93. The molecule has 0 saturated heterocycles. The highest BCUT2D eigenvalue weighted by Crippen LogP contribution is 2.15. The quantitative estimate of drug-likeness (QED) is 0.465. The minimum Gasteiger partial charge on any atom is -0.491 e. The molecule has 0 radical (unpaired) electrons. The van der Waals surface area contributed by atoms with E-state index in [-0.39, 0.29) is 0 Å². The van der Waals surface area contributed by atoms with Crippen LogP contribution < -0.4 is 15.8 Å². The average Bonchev–Trinajstić information content (AvgIpc) is 2.57. The molecule has 0 fully saturated rings. The van der Waals surface area contributed by atoms with E-state index >= 15 is 0 Å². The van der Waals surface area contributed by atoms with E-state index in [1.165, 1.54) is 11.1 Å². The molecule has 0 amide bonds. The summed E-state index contributed by atoms with van der Waals surface area (Å²) in [4.78, 5) is 4.38. The molecule has 5 heteroatoms. The Morgan fingerprint density at radius 1 is 1.08 bits per heavy atom. The van der Waals surface area contributed by atoms with Gasteiger partial charge in [-0.2, -0.15) is 0 Å². The van der Waals surface area contributed by atoms with E-state index in [0.29, 0.717) is 25.7 Å². The van der Waals surface area contributed by atoms with E-state index in [4.69, 9.17) is 15.2 Å². The maximum atomic E-state index is 5.97. The van der Waals surface area contributed by atoms with Gasteiger partial charge in [-0.25, -0.2) is 4.99 Å². The first-order valence-corrected chi connectivity index (χ1v) is 7.93. The molecule has 24 heavy (non-hydrogen) atoms. The predicted octanol–water partition coefficient (Wildman–Crippen LogP) is 3.26. The highest BCUT2D eigenvalue weighted by molar-refractivity contribution is 5.92. The first-order chi connectivity index (χ1) is 11.6. The normalized spacial score (nSPS) is 11.4. The Balaban J connectivity index is 1.94. The van der Waals surface area contributed by atoms with E-state index in [9.17, 15) is 0 Å². The molecular formula is C19H25N3O2. The average molecular weight is 327 g/mol. The summed E-state index contributed by atoms with van der Waals surface area (Å²) in [5, 5.41) is 3.12. The number of nitrogens with zero attached hydrogens (tertiary/aromatic N) is 1. The van der Waals surface area contributed by atoms with Crippen molar-refractivity contribution in [3.63, 3.8) is 0 Å². The zero-order valence-electron chi connectivity index (χ0n) is 14.5. The van der Waals surface area contributed by atoms with Crippen LogP contribution in [-0.4, -0.2) is 26.3 Å². The molecule has 2 rings (SSSR count). The van der Waals surface area contributed by atoms with Crippen LogP contribution in [0.25, 0.3) is 0 Å². The van der Waals surface area contributed by atoms with Crippen molar-refractivity contribution in [1.82, 2.24) is 0 Å². The third kappa shape index (κ3) is 5.59. The van der Waals surface area contributed by atoms with E-state index < -0.39 is 0 Å². The van der Waals surface area contributed by atoms with E-state index in [0.717, 1.165) is 17.0 Å². The number of anilines is 1. The molecule has 128 valence electrons. The van der Waals surface area contributed by atoms with Gasteiger partial charge in [-0.15, -0.1) is 0 Å². The fourth-order valence-electron chi connectivity index (χ4n) is 2.16. The van der Waals surface area contributed by atoms with Gasteiger partial charge in [-0.05, 0) is 54.8 Å². The largest absolute Gasteiger partial charge is 0.491 e. The number of nitrogens with two attached hydrogens (primary N) is 1. The number of hydrogen-bond donors (Lipinski definition) is 2. The third-order valence-electron chi connectivity index (χ3n) is 3.67. The molecule has 3 N–H and O–H groups in total. The maximum Gasteiger partial charge on any atom is 0.193 e. The highest BCUT2D eigenvalue weighted by Gasteiger charge is 2.00. The smallest absolute Gasteiger partial charge is 0.193 e. The summed E-state index contributed by atoms with van der Waals surface area (Å²) in [5.41, 5.74) is 10.4. The van der Waals surface area contributed by atoms with Crippen LogP contribution in [-0.2, 0) is 11.3 Å². The Kier molecular flexibility index (Phi) is 6.63. The van der Waals surface area contributed by atoms with E-state index in [1.807, 2.05) is 30.3 Å². The Bertz CT molecular complexity index is 699. The van der Waals surface area contributed by atoms with Crippen LogP contribution in [0.15, 0.2) is 47.5 Å². The molecule has 0 aromatic heterocycles. The molecule has 0 spiro atoms. The molecule has 0 aliphatic rings. The van der Waals surface area contributed by atoms with Crippen LogP contribution >= 0.6 is 0 Å². The van der Waals surface area contributed by atoms with Crippen molar-refractivity contribution in [1.29, 1.82) is 0 Å². The van der Waals surface area contributed by atoms with Crippen LogP contribution in [0, 0.1) is 13.8 Å². The number of nitrogens with one attached hydrogen (secondary N) is 1. The topological polar surface area (TPSA) is 68.9 Å². The summed E-state index contributed by atoms with van der Waals surface area (Å²) in [5.74, 6) is 1.20. The second-order valence-electron chi connectivity index (χ2n) is 5.61. The number of ether oxygens (including phenoxy) is 2. The van der Waals surface area contributed by atoms with E-state index in [2.05, 4.69) is 36.3 Å². The molecule has 5 nitrogen and oxygen atoms in total. The van der Waals surface area contributed by atoms with Crippen LogP contribution in [0.5, 0.6) is 5.75 Å². The number of guanidine groups is 1. The number of hydrogen-bond acceptors (Lipinski definition) is 3. The monoisotopic (exact) mass is 327 g/mol. The lowest BCUT2D eigenvalue weighted by Crippen LogP contribution is -2.22. The molecule has 0 heterocycles. The molecule has 2 aromatic carbocycles. The van der Waals surface area contributed by atoms with Crippen molar-refractivity contribution < 1.29 is 9.47 Å². The number of aryl methyl sites for hydroxylation is 2. The van der Waals surface area contributed by atoms with Crippen LogP contribution in [0.3, 0.4) is 0 Å². The first kappa shape index (κ1) is 17.8. The predicted molar refractivity (Wildman–Crippen MR) is 98.7 cm³/mol. The van der Waals surface area contributed by atoms with Gasteiger partial charge in [0.15, 0.2) is 5.96 Å². The fourth-order valence-corrected chi connectivity index (χ4v) is 2.16. The van der Waals surface area contributed by atoms with Gasteiger partial charge < -0.3 is 20.5 Å². The Morgan fingerprint density at radius 2 is 1.92 bits per heavy atom. The SMILES string of the molecule is COCCOc1cccc(CN=C(N)Nc2ccc(C)c(C)c2)c1. The summed E-state index contributed by atoms with van der Waals surface area (Å²) in [6.45, 7) is 5.74. The molecule has 2 aromatic rings. The van der Waals surface area contributed by atoms with Crippen LogP contribution in [0.4, 0.5) is 5.69 Å². The summed E-state index contributed by atoms with van der Waals surface area (Å²) < 4.78 is 10.6. The molecule has 0 atom stereocenters. The molecular weight excluding hydrogens is 302 g/mol. The number of methoxy groups -OCH3 is 1. The number of rotatable bonds is 7. The third-order valence-corrected chi connectivity index (χ3v) is 3.67. The Labute approximate surface area is 143 Å². The lowest BCUT2D eigenvalue weighted by Gasteiger charge is -2.09. The van der Waals surface area contributed by atoms with E-state index in [1.54, 1.807) is 7.11 Å². The van der Waals surface area contributed by atoms with Crippen LogP contribution in [0.1, 0.15) is 16.7 Å². The Hall–Kier alpha value is -2.53. The maximum absolute atomic E-state index is 5.97. The van der Waals surface area contributed by atoms with Gasteiger partial charge in [-0.1, -0.05) is 18.2 Å². The van der Waals surface area contributed by atoms with Crippen molar-refractivity contribution in [2.24, 2.45) is 10.7 Å². The molecule has 0 saturated carbocycles. The van der Waals surface area contributed by atoms with Gasteiger partial charge in [0.25, 0.3) is 0 Å². The van der Waals surface area contributed by atoms with Gasteiger partial charge in [0.05, 0.1) is 13.2 Å². The number of aliphatic imine (C=N–C) groups is 1. The Morgan fingerprint density at radius 3 is 2.67 bits per heavy atom. The van der Waals surface area contributed by atoms with Crippen molar-refractivity contribution in [3.8, 4) is 5.75 Å². The number of benzene rings is 2. The van der Waals surface area contributed by atoms with Crippen molar-refractivity contribution in [2.45, 2.75) is 20.4 Å². The molecule has 0 unspecified atom stereocenters. The zero-order chi connectivity index (χ0) is 17.4. The standard InChI is InChI=1S/C19H25N3O2/c1-14-7-8-17(11-15(14)2)22-19(20)21-13-16-5-4-6-18(12-16)24-10-9-23-3/h4-8,11-12H,9-10,13H2,1-3H3,(H3,20,21,22). The van der Waals surface area contributed by atoms with Gasteiger partial charge in [0.1, 0.15) is 12.4 Å². The second kappa shape index (κ2) is 8.93. The minimum atomic E-state index is 0.393. The summed E-state index contributed by atoms with van der Waals surface area (Å²) in [6, 6.07) is 13.9. The van der Waals surface area contributed by atoms with Gasteiger partial charge in [-0.3, -0.25) is 0 Å². The van der Waals surface area contributed by atoms with Crippen molar-refractivity contribution >= 4 is 11.6 Å². The van der Waals surface area contributed by atoms with Gasteiger partial charge in [0, 0.05) is 12.8 Å². The lowest BCUT2D eigenvalue weighted by atomic mass is 10.1. The summed E-state index contributed by atoms with van der Waals surface area (Å²) in [7, 11) is 1.65. The molecule has 0 bridgehead atoms. The van der Waals surface area contributed by atoms with Gasteiger partial charge >= 0.3 is 0 Å². The van der Waals surface area contributed by atoms with Crippen molar-refractivity contribution in [3.05, 3.63) is 59.2 Å². The molecule has 0 aliphatic carbocycles. The summed E-state index contributed by atoms with van der Waals surface area (Å²) >= 11 is 0. The van der Waals surface area contributed by atoms with Crippen LogP contribution in [0.2, 0.25) is 0 Å². The van der Waals surface area contributed by atoms with Crippen molar-refractivity contribution in [2.75, 3.05) is 25.6 Å². The fraction of sp³-hybridized carbons (Fsp3) is 0.316. The molecule has 0 aliphatic heterocycles. The lowest BCUT2D eigenvalue weighted by molar-refractivity contribution is 0.146. The zero-order valence-corrected chi connectivity index (χ0v) is 14.5. The van der Waals surface area contributed by atoms with Gasteiger partial charge in [0.2, 0.25) is 0 Å². The minimum absolute atomic E-state index is 0.393. The summed E-state index contributed by atoms with van der Waals surface area (Å²) in [6.07, 6.45) is 0. The second-order valence-corrected chi connectivity index (χ2v) is 5.61.